The fourth-order valence-electron chi connectivity index (χ4n) is 1.83. The van der Waals surface area contributed by atoms with E-state index in [0.717, 1.165) is 6.20 Å². The Labute approximate surface area is 135 Å². The molecule has 0 unspecified atom stereocenters. The monoisotopic (exact) mass is 295 g/mol. The second-order valence-electron chi connectivity index (χ2n) is 4.04. The van der Waals surface area contributed by atoms with Crippen LogP contribution in [0, 0.1) is 0 Å². The molecule has 3 heterocycles. The molecule has 9 heteroatoms. The number of nitrogen functional groups attached to an aromatic ring is 1. The Morgan fingerprint density at radius 3 is 2.86 bits per heavy atom. The van der Waals surface area contributed by atoms with Crippen molar-refractivity contribution in [1.29, 1.82) is 0 Å². The molecule has 21 heavy (non-hydrogen) atoms. The van der Waals surface area contributed by atoms with Crippen molar-refractivity contribution < 1.29 is 28.8 Å². The first kappa shape index (κ1) is 15.3. The number of pyridine rings is 2. The summed E-state index contributed by atoms with van der Waals surface area (Å²) < 4.78 is 1.50. The molecule has 3 aromatic heterocycles. The molecule has 100 valence electrons. The number of nitrogens with two attached hydrogens (primary N) is 1. The van der Waals surface area contributed by atoms with Gasteiger partial charge in [-0.3, -0.25) is 0 Å². The number of aromatic nitrogens is 4. The number of aromatic carboxylic acids is 1. The molecule has 0 aliphatic rings. The third kappa shape index (κ3) is 2.85. The van der Waals surface area contributed by atoms with Gasteiger partial charge < -0.3 is 15.6 Å². The minimum atomic E-state index is -1.32. The second kappa shape index (κ2) is 5.74. The molecule has 7 nitrogen and oxygen atoms in total. The maximum atomic E-state index is 10.9. The molecule has 0 aromatic carbocycles. The summed E-state index contributed by atoms with van der Waals surface area (Å²) in [5.74, 6) is -1.17. The summed E-state index contributed by atoms with van der Waals surface area (Å²) in [7, 11) is 0. The van der Waals surface area contributed by atoms with Gasteiger partial charge >= 0.3 is 18.9 Å². The number of halogens is 1. The van der Waals surface area contributed by atoms with E-state index in [4.69, 9.17) is 17.3 Å². The zero-order valence-corrected chi connectivity index (χ0v) is 11.7. The number of anilines is 1. The molecule has 2 N–H and O–H groups in total. The van der Waals surface area contributed by atoms with Crippen LogP contribution in [0.2, 0.25) is 5.15 Å². The summed E-state index contributed by atoms with van der Waals surface area (Å²) in [6, 6.07) is 4.80. The Bertz CT molecular complexity index is 836. The van der Waals surface area contributed by atoms with E-state index in [-0.39, 0.29) is 35.5 Å². The van der Waals surface area contributed by atoms with Crippen LogP contribution in [0.4, 0.5) is 5.95 Å². The van der Waals surface area contributed by atoms with Gasteiger partial charge in [-0.2, -0.15) is 4.98 Å². The first-order chi connectivity index (χ1) is 9.54. The summed E-state index contributed by atoms with van der Waals surface area (Å²) in [6.07, 6.45) is 2.80. The summed E-state index contributed by atoms with van der Waals surface area (Å²) in [6.45, 7) is 0. The first-order valence-electron chi connectivity index (χ1n) is 5.54. The van der Waals surface area contributed by atoms with Gasteiger partial charge in [0.2, 0.25) is 5.95 Å². The minimum absolute atomic E-state index is 0. The van der Waals surface area contributed by atoms with Gasteiger partial charge in [0, 0.05) is 23.5 Å². The molecule has 0 saturated carbocycles. The number of hydrogen-bond donors (Lipinski definition) is 1. The molecule has 0 saturated heterocycles. The third-order valence-corrected chi connectivity index (χ3v) is 3.04. The van der Waals surface area contributed by atoms with Gasteiger partial charge in [0.1, 0.15) is 5.15 Å². The number of carboxylic acid groups (broad SMARTS) is 1. The van der Waals surface area contributed by atoms with Gasteiger partial charge in [0.05, 0.1) is 5.97 Å². The average molecular weight is 296 g/mol. The Balaban J connectivity index is 0.00000161. The maximum Gasteiger partial charge on any atom is 1.00 e. The third-order valence-electron chi connectivity index (χ3n) is 2.74. The van der Waals surface area contributed by atoms with E-state index in [2.05, 4.69) is 15.1 Å². The molecular weight excluding hydrogens is 289 g/mol. The first-order valence-corrected chi connectivity index (χ1v) is 5.91. The Morgan fingerprint density at radius 2 is 2.14 bits per heavy atom. The van der Waals surface area contributed by atoms with Crippen molar-refractivity contribution in [3.05, 3.63) is 41.3 Å². The molecule has 3 rings (SSSR count). The number of carbonyl (C=O) groups excluding carboxylic acids is 1. The van der Waals surface area contributed by atoms with Gasteiger partial charge in [-0.05, 0) is 23.8 Å². The number of carboxylic acids is 1. The topological polar surface area (TPSA) is 109 Å². The van der Waals surface area contributed by atoms with E-state index in [1.165, 1.54) is 10.6 Å². The molecule has 0 fully saturated rings. The molecule has 0 aliphatic carbocycles. The SMILES string of the molecule is Nc1nc2cc(-c3cc(C(=O)[O-])cnc3Cl)ccn2n1.[Li+]. The number of rotatable bonds is 2. The molecular formula is C12H7ClLiN5O2. The van der Waals surface area contributed by atoms with Crippen molar-refractivity contribution in [2.75, 3.05) is 5.73 Å². The predicted molar refractivity (Wildman–Crippen MR) is 70.0 cm³/mol. The van der Waals surface area contributed by atoms with Crippen LogP contribution in [0.1, 0.15) is 10.4 Å². The Hall–Kier alpha value is -2.07. The predicted octanol–water partition coefficient (Wildman–Crippen LogP) is -2.61. The van der Waals surface area contributed by atoms with Gasteiger partial charge in [-0.25, -0.2) is 9.50 Å². The summed E-state index contributed by atoms with van der Waals surface area (Å²) >= 11 is 6.00. The molecule has 0 radical (unpaired) electrons. The zero-order chi connectivity index (χ0) is 14.3. The quantitative estimate of drug-likeness (QED) is 0.410. The summed E-state index contributed by atoms with van der Waals surface area (Å²) in [5, 5.41) is 15.0. The number of nitrogens with zero attached hydrogens (tertiary/aromatic N) is 4. The van der Waals surface area contributed by atoms with E-state index in [9.17, 15) is 9.90 Å². The molecule has 0 spiro atoms. The van der Waals surface area contributed by atoms with Gasteiger partial charge in [-0.1, -0.05) is 11.6 Å². The number of hydrogen-bond acceptors (Lipinski definition) is 6. The van der Waals surface area contributed by atoms with Crippen LogP contribution < -0.4 is 29.7 Å². The zero-order valence-electron chi connectivity index (χ0n) is 10.9. The van der Waals surface area contributed by atoms with Gasteiger partial charge in [0.15, 0.2) is 5.65 Å². The maximum absolute atomic E-state index is 10.9. The van der Waals surface area contributed by atoms with Crippen molar-refractivity contribution in [2.24, 2.45) is 0 Å². The standard InChI is InChI=1S/C12H8ClN5O2.Li/c13-10-8(3-7(5-15-10)11(19)20)6-1-2-18-9(4-6)16-12(14)17-18;/h1-5H,(H2,14,17)(H,19,20);/q;+1/p-1. The number of carbonyl (C=O) groups is 1. The van der Waals surface area contributed by atoms with Crippen molar-refractivity contribution in [2.45, 2.75) is 0 Å². The van der Waals surface area contributed by atoms with Crippen LogP contribution in [-0.4, -0.2) is 25.6 Å². The van der Waals surface area contributed by atoms with Crippen molar-refractivity contribution >= 4 is 29.2 Å². The summed E-state index contributed by atoms with van der Waals surface area (Å²) in [4.78, 5) is 18.7. The van der Waals surface area contributed by atoms with E-state index < -0.39 is 5.97 Å². The van der Waals surface area contributed by atoms with Crippen molar-refractivity contribution in [1.82, 2.24) is 19.6 Å². The largest absolute Gasteiger partial charge is 1.00 e. The van der Waals surface area contributed by atoms with Gasteiger partial charge in [0.25, 0.3) is 0 Å². The minimum Gasteiger partial charge on any atom is -0.545 e. The fourth-order valence-corrected chi connectivity index (χ4v) is 2.04. The van der Waals surface area contributed by atoms with Crippen LogP contribution in [0.15, 0.2) is 30.6 Å². The van der Waals surface area contributed by atoms with Crippen LogP contribution >= 0.6 is 11.6 Å². The van der Waals surface area contributed by atoms with Crippen LogP contribution in [-0.2, 0) is 0 Å². The summed E-state index contributed by atoms with van der Waals surface area (Å²) in [5.41, 5.74) is 7.11. The second-order valence-corrected chi connectivity index (χ2v) is 4.40. The normalized spacial score (nSPS) is 10.3. The fraction of sp³-hybridized carbons (Fsp3) is 0. The molecule has 3 aromatic rings. The van der Waals surface area contributed by atoms with E-state index >= 15 is 0 Å². The number of fused-ring (bicyclic) bond motifs is 1. The Kier molecular flexibility index (Phi) is 4.18. The van der Waals surface area contributed by atoms with Crippen LogP contribution in [0.5, 0.6) is 0 Å². The van der Waals surface area contributed by atoms with Crippen LogP contribution in [0.25, 0.3) is 16.8 Å². The smallest absolute Gasteiger partial charge is 0.545 e. The average Bonchev–Trinajstić information content (AvgIpc) is 2.78. The molecule has 0 aliphatic heterocycles. The molecule has 0 atom stereocenters. The van der Waals surface area contributed by atoms with E-state index in [1.807, 2.05) is 0 Å². The van der Waals surface area contributed by atoms with E-state index in [0.29, 0.717) is 16.8 Å². The van der Waals surface area contributed by atoms with Crippen LogP contribution in [0.3, 0.4) is 0 Å². The molecule has 0 bridgehead atoms. The molecule has 0 amide bonds. The van der Waals surface area contributed by atoms with Crippen molar-refractivity contribution in [3.8, 4) is 11.1 Å². The van der Waals surface area contributed by atoms with E-state index in [1.54, 1.807) is 18.3 Å². The van der Waals surface area contributed by atoms with Gasteiger partial charge in [-0.15, -0.1) is 5.10 Å². The van der Waals surface area contributed by atoms with Crippen molar-refractivity contribution in [3.63, 3.8) is 0 Å². The Morgan fingerprint density at radius 1 is 1.38 bits per heavy atom.